The number of benzene rings is 1. The van der Waals surface area contributed by atoms with E-state index in [4.69, 9.17) is 28.9 Å². The molecule has 0 aliphatic heterocycles. The van der Waals surface area contributed by atoms with E-state index in [9.17, 15) is 0 Å². The lowest BCUT2D eigenvalue weighted by Crippen LogP contribution is -2.33. The van der Waals surface area contributed by atoms with Gasteiger partial charge in [0, 0.05) is 41.6 Å². The lowest BCUT2D eigenvalue weighted by atomic mass is 9.92. The molecule has 5 nitrogen and oxygen atoms in total. The highest BCUT2D eigenvalue weighted by molar-refractivity contribution is 6.33. The first-order chi connectivity index (χ1) is 14.6. The van der Waals surface area contributed by atoms with E-state index in [0.29, 0.717) is 23.7 Å². The second-order valence-corrected chi connectivity index (χ2v) is 8.56. The maximum absolute atomic E-state index is 6.47. The summed E-state index contributed by atoms with van der Waals surface area (Å²) in [4.78, 5) is 8.89. The van der Waals surface area contributed by atoms with Crippen LogP contribution >= 0.6 is 23.2 Å². The van der Waals surface area contributed by atoms with Gasteiger partial charge in [0.25, 0.3) is 0 Å². The number of nitrogens with zero attached hydrogens (tertiary/aromatic N) is 2. The van der Waals surface area contributed by atoms with Gasteiger partial charge in [-0.3, -0.25) is 0 Å². The minimum absolute atomic E-state index is 0.325. The van der Waals surface area contributed by atoms with Crippen molar-refractivity contribution in [2.75, 3.05) is 10.6 Å². The summed E-state index contributed by atoms with van der Waals surface area (Å²) in [6, 6.07) is 14.5. The van der Waals surface area contributed by atoms with Crippen LogP contribution in [0, 0.1) is 0 Å². The summed E-state index contributed by atoms with van der Waals surface area (Å²) in [5, 5.41) is 8.21. The van der Waals surface area contributed by atoms with Crippen molar-refractivity contribution in [3.05, 3.63) is 70.5 Å². The summed E-state index contributed by atoms with van der Waals surface area (Å²) in [6.07, 6.45) is 7.70. The minimum Gasteiger partial charge on any atom is -0.367 e. The van der Waals surface area contributed by atoms with Crippen LogP contribution < -0.4 is 16.4 Å². The van der Waals surface area contributed by atoms with Crippen molar-refractivity contribution in [2.45, 2.75) is 44.3 Å². The molecular formula is C23H25Cl2N5. The van der Waals surface area contributed by atoms with Crippen molar-refractivity contribution in [2.24, 2.45) is 5.73 Å². The zero-order chi connectivity index (χ0) is 20.9. The van der Waals surface area contributed by atoms with Gasteiger partial charge >= 0.3 is 0 Å². The molecule has 0 saturated heterocycles. The average molecular weight is 442 g/mol. The first-order valence-corrected chi connectivity index (χ1v) is 10.9. The number of nitrogens with one attached hydrogen (secondary N) is 2. The first-order valence-electron chi connectivity index (χ1n) is 10.2. The Morgan fingerprint density at radius 1 is 0.967 bits per heavy atom. The van der Waals surface area contributed by atoms with Gasteiger partial charge in [-0.25, -0.2) is 9.97 Å². The second kappa shape index (κ2) is 9.65. The highest BCUT2D eigenvalue weighted by Crippen LogP contribution is 2.31. The van der Waals surface area contributed by atoms with Gasteiger partial charge in [-0.2, -0.15) is 0 Å². The van der Waals surface area contributed by atoms with Crippen molar-refractivity contribution in [1.29, 1.82) is 0 Å². The van der Waals surface area contributed by atoms with E-state index in [1.165, 1.54) is 0 Å². The molecule has 0 radical (unpaired) electrons. The van der Waals surface area contributed by atoms with Crippen molar-refractivity contribution < 1.29 is 0 Å². The molecule has 1 aliphatic rings. The van der Waals surface area contributed by atoms with Gasteiger partial charge in [0.1, 0.15) is 11.6 Å². The van der Waals surface area contributed by atoms with Crippen LogP contribution in [0.2, 0.25) is 10.0 Å². The Bertz CT molecular complexity index is 1000. The van der Waals surface area contributed by atoms with Crippen molar-refractivity contribution in [1.82, 2.24) is 9.97 Å². The standard InChI is InChI=1S/C23H25Cl2N5/c24-17-3-1-2-15(10-17)13-28-22-11-16(8-9-27-22)20-12-23(29-14-21(20)25)30-19-6-4-18(26)5-7-19/h1-3,8-12,14,18-19H,4-7,13,26H2,(H,27,28)(H,29,30). The molecule has 2 aromatic heterocycles. The summed E-state index contributed by atoms with van der Waals surface area (Å²) in [5.74, 6) is 1.61. The molecule has 1 saturated carbocycles. The van der Waals surface area contributed by atoms with E-state index in [0.717, 1.165) is 59.0 Å². The van der Waals surface area contributed by atoms with Gasteiger partial charge < -0.3 is 16.4 Å². The fraction of sp³-hybridized carbons (Fsp3) is 0.304. The zero-order valence-electron chi connectivity index (χ0n) is 16.6. The van der Waals surface area contributed by atoms with Crippen molar-refractivity contribution in [3.8, 4) is 11.1 Å². The number of halogens is 2. The summed E-state index contributed by atoms with van der Waals surface area (Å²) in [7, 11) is 0. The monoisotopic (exact) mass is 441 g/mol. The molecule has 1 aromatic carbocycles. The van der Waals surface area contributed by atoms with Crippen LogP contribution in [0.3, 0.4) is 0 Å². The quantitative estimate of drug-likeness (QED) is 0.454. The Morgan fingerprint density at radius 2 is 1.80 bits per heavy atom. The van der Waals surface area contributed by atoms with Crippen LogP contribution in [0.1, 0.15) is 31.2 Å². The zero-order valence-corrected chi connectivity index (χ0v) is 18.1. The van der Waals surface area contributed by atoms with Crippen LogP contribution in [-0.4, -0.2) is 22.1 Å². The number of hydrogen-bond donors (Lipinski definition) is 3. The summed E-state index contributed by atoms with van der Waals surface area (Å²) < 4.78 is 0. The van der Waals surface area contributed by atoms with E-state index < -0.39 is 0 Å². The fourth-order valence-electron chi connectivity index (χ4n) is 3.75. The van der Waals surface area contributed by atoms with Crippen LogP contribution in [-0.2, 0) is 6.54 Å². The number of anilines is 2. The normalized spacial score (nSPS) is 18.8. The highest BCUT2D eigenvalue weighted by Gasteiger charge is 2.19. The number of rotatable bonds is 6. The minimum atomic E-state index is 0.325. The molecule has 4 rings (SSSR count). The fourth-order valence-corrected chi connectivity index (χ4v) is 4.17. The van der Waals surface area contributed by atoms with Gasteiger partial charge in [-0.05, 0) is 67.1 Å². The van der Waals surface area contributed by atoms with Gasteiger partial charge in [-0.15, -0.1) is 0 Å². The number of nitrogens with two attached hydrogens (primary N) is 1. The van der Waals surface area contributed by atoms with Gasteiger partial charge in [0.2, 0.25) is 0 Å². The average Bonchev–Trinajstić information content (AvgIpc) is 2.75. The largest absolute Gasteiger partial charge is 0.367 e. The third-order valence-corrected chi connectivity index (χ3v) is 5.95. The number of pyridine rings is 2. The molecule has 7 heteroatoms. The Labute approximate surface area is 187 Å². The van der Waals surface area contributed by atoms with E-state index in [1.807, 2.05) is 42.5 Å². The molecule has 0 unspecified atom stereocenters. The van der Waals surface area contributed by atoms with Gasteiger partial charge in [-0.1, -0.05) is 35.3 Å². The molecule has 0 bridgehead atoms. The molecule has 0 amide bonds. The molecule has 1 aliphatic carbocycles. The van der Waals surface area contributed by atoms with Crippen LogP contribution in [0.15, 0.2) is 54.9 Å². The Kier molecular flexibility index (Phi) is 6.72. The third-order valence-electron chi connectivity index (χ3n) is 5.41. The van der Waals surface area contributed by atoms with E-state index >= 15 is 0 Å². The van der Waals surface area contributed by atoms with E-state index in [2.05, 4.69) is 20.6 Å². The lowest BCUT2D eigenvalue weighted by Gasteiger charge is -2.27. The van der Waals surface area contributed by atoms with Crippen LogP contribution in [0.25, 0.3) is 11.1 Å². The molecule has 0 atom stereocenters. The summed E-state index contributed by atoms with van der Waals surface area (Å²) in [6.45, 7) is 0.637. The molecule has 3 aromatic rings. The predicted octanol–water partition coefficient (Wildman–Crippen LogP) is 5.74. The second-order valence-electron chi connectivity index (χ2n) is 7.72. The van der Waals surface area contributed by atoms with E-state index in [1.54, 1.807) is 12.4 Å². The molecule has 4 N–H and O–H groups in total. The Morgan fingerprint density at radius 3 is 2.60 bits per heavy atom. The molecule has 1 fully saturated rings. The lowest BCUT2D eigenvalue weighted by molar-refractivity contribution is 0.410. The maximum Gasteiger partial charge on any atom is 0.126 e. The van der Waals surface area contributed by atoms with Crippen molar-refractivity contribution >= 4 is 34.8 Å². The summed E-state index contributed by atoms with van der Waals surface area (Å²) >= 11 is 12.5. The SMILES string of the molecule is NC1CCC(Nc2cc(-c3ccnc(NCc4cccc(Cl)c4)c3)c(Cl)cn2)CC1. The van der Waals surface area contributed by atoms with Crippen LogP contribution in [0.4, 0.5) is 11.6 Å². The maximum atomic E-state index is 6.47. The van der Waals surface area contributed by atoms with E-state index in [-0.39, 0.29) is 0 Å². The Hall–Kier alpha value is -2.34. The number of hydrogen-bond acceptors (Lipinski definition) is 5. The molecule has 30 heavy (non-hydrogen) atoms. The smallest absolute Gasteiger partial charge is 0.126 e. The first kappa shape index (κ1) is 20.9. The molecule has 2 heterocycles. The third kappa shape index (κ3) is 5.42. The van der Waals surface area contributed by atoms with Gasteiger partial charge in [0.15, 0.2) is 0 Å². The molecule has 0 spiro atoms. The predicted molar refractivity (Wildman–Crippen MR) is 125 cm³/mol. The van der Waals surface area contributed by atoms with Gasteiger partial charge in [0.05, 0.1) is 5.02 Å². The van der Waals surface area contributed by atoms with Crippen LogP contribution in [0.5, 0.6) is 0 Å². The highest BCUT2D eigenvalue weighted by atomic mass is 35.5. The Balaban J connectivity index is 1.48. The molecule has 156 valence electrons. The van der Waals surface area contributed by atoms with Crippen molar-refractivity contribution in [3.63, 3.8) is 0 Å². The summed E-state index contributed by atoms with van der Waals surface area (Å²) in [5.41, 5.74) is 9.02. The number of aromatic nitrogens is 2. The topological polar surface area (TPSA) is 75.9 Å². The molecular weight excluding hydrogens is 417 g/mol.